The van der Waals surface area contributed by atoms with Crippen LogP contribution in [0.15, 0.2) is 156 Å². The Morgan fingerprint density at radius 2 is 0.952 bits per heavy atom. The average Bonchev–Trinajstić information content (AvgIpc) is 3.68. The van der Waals surface area contributed by atoms with E-state index in [2.05, 4.69) is 30.7 Å². The molecule has 2 aromatic heterocycles. The first-order valence-electron chi connectivity index (χ1n) is 17.5. The van der Waals surface area contributed by atoms with Gasteiger partial charge in [0.1, 0.15) is 15.5 Å². The summed E-state index contributed by atoms with van der Waals surface area (Å²) in [6.07, 6.45) is 0. The van der Waals surface area contributed by atoms with Gasteiger partial charge in [-0.2, -0.15) is 32.2 Å². The first kappa shape index (κ1) is 50.7. The van der Waals surface area contributed by atoms with Gasteiger partial charge < -0.3 is 15.3 Å². The van der Waals surface area contributed by atoms with E-state index in [1.165, 1.54) is 33.6 Å². The predicted molar refractivity (Wildman–Crippen MR) is 214 cm³/mol. The molecule has 2 heterocycles. The van der Waals surface area contributed by atoms with Crippen LogP contribution in [0.3, 0.4) is 0 Å². The zero-order valence-electron chi connectivity index (χ0n) is 33.6. The van der Waals surface area contributed by atoms with Crippen molar-refractivity contribution in [2.75, 3.05) is 0 Å². The van der Waals surface area contributed by atoms with Crippen molar-refractivity contribution in [1.29, 1.82) is 0 Å². The molecule has 0 unspecified atom stereocenters. The van der Waals surface area contributed by atoms with Crippen molar-refractivity contribution in [3.8, 4) is 28.8 Å². The molecule has 0 saturated heterocycles. The second-order valence-electron chi connectivity index (χ2n) is 12.9. The Labute approximate surface area is 413 Å². The molecule has 18 nitrogen and oxygen atoms in total. The van der Waals surface area contributed by atoms with Crippen LogP contribution < -0.4 is 80.0 Å². The smallest absolute Gasteiger partial charge is 0.871 e. The molecule has 3 N–H and O–H groups in total. The van der Waals surface area contributed by atoms with Crippen LogP contribution in [0.1, 0.15) is 11.4 Å². The molecule has 6 aromatic carbocycles. The van der Waals surface area contributed by atoms with E-state index in [-0.39, 0.29) is 121 Å². The molecule has 1 radical (unpaired) electrons. The van der Waals surface area contributed by atoms with Gasteiger partial charge in [0.05, 0.1) is 34.1 Å². The number of aromatic amines is 1. The Bertz CT molecular complexity index is 3310. The molecule has 0 aliphatic heterocycles. The number of para-hydroxylation sites is 2. The Hall–Kier alpha value is -4.99. The molecule has 8 rings (SSSR count). The Balaban J connectivity index is 0.000000264. The third-order valence-corrected chi connectivity index (χ3v) is 10.8. The molecule has 0 saturated carbocycles. The fourth-order valence-electron chi connectivity index (χ4n) is 6.21. The second kappa shape index (κ2) is 20.7. The van der Waals surface area contributed by atoms with Crippen molar-refractivity contribution >= 4 is 64.5 Å². The first-order chi connectivity index (χ1) is 28.5. The number of azo groups is 2. The van der Waals surface area contributed by atoms with Crippen LogP contribution in [0.2, 0.25) is 0 Å². The van der Waals surface area contributed by atoms with Crippen molar-refractivity contribution in [2.24, 2.45) is 20.5 Å². The summed E-state index contributed by atoms with van der Waals surface area (Å²) < 4.78 is 67.9. The number of aryl methyl sites for hydroxylation is 2. The van der Waals surface area contributed by atoms with Gasteiger partial charge in [-0.25, -0.2) is 9.36 Å². The fourth-order valence-corrected chi connectivity index (χ4v) is 7.63. The molecular formula is C40H29CrN8Na2O10S2+2. The van der Waals surface area contributed by atoms with Crippen molar-refractivity contribution in [3.05, 3.63) is 143 Å². The van der Waals surface area contributed by atoms with Gasteiger partial charge in [-0.1, -0.05) is 96.4 Å². The SMILES string of the molecule is Cc1[nH]n(-c2ccccc2)c(=O)c1N=Nc1c([O-])cc(S(=O)(=O)O)c2ccccc12.Cc1nn(-c2ccccc2)c([O-])c1N=Nc1c([O-])cc(S(=O)(=O)O)c2ccccc12.[Cr+3].[Na+].[Na+]. The maximum Gasteiger partial charge on any atom is 3.00 e. The molecule has 307 valence electrons. The molecule has 0 atom stereocenters. The molecule has 0 aliphatic carbocycles. The van der Waals surface area contributed by atoms with Gasteiger partial charge in [-0.15, -0.1) is 10.2 Å². The number of benzene rings is 6. The van der Waals surface area contributed by atoms with Crippen LogP contribution in [0.25, 0.3) is 32.9 Å². The normalized spacial score (nSPS) is 11.5. The maximum atomic E-state index is 12.7. The van der Waals surface area contributed by atoms with E-state index in [1.54, 1.807) is 86.6 Å². The summed E-state index contributed by atoms with van der Waals surface area (Å²) >= 11 is 0. The monoisotopic (exact) mass is 943 g/mol. The van der Waals surface area contributed by atoms with E-state index in [9.17, 15) is 46.1 Å². The fraction of sp³-hybridized carbons (Fsp3) is 0.0500. The Morgan fingerprint density at radius 1 is 0.571 bits per heavy atom. The van der Waals surface area contributed by atoms with Crippen molar-refractivity contribution in [3.63, 3.8) is 0 Å². The van der Waals surface area contributed by atoms with Gasteiger partial charge in [0.25, 0.3) is 25.8 Å². The van der Waals surface area contributed by atoms with Gasteiger partial charge >= 0.3 is 76.5 Å². The van der Waals surface area contributed by atoms with Crippen LogP contribution in [-0.2, 0) is 37.6 Å². The topological polar surface area (TPSA) is 283 Å². The predicted octanol–water partition coefficient (Wildman–Crippen LogP) is 0.512. The summed E-state index contributed by atoms with van der Waals surface area (Å²) in [5.74, 6) is -2.01. The van der Waals surface area contributed by atoms with Crippen molar-refractivity contribution < 1.29 is 118 Å². The summed E-state index contributed by atoms with van der Waals surface area (Å²) in [4.78, 5) is 11.7. The van der Waals surface area contributed by atoms with Crippen LogP contribution in [0.4, 0.5) is 22.7 Å². The Morgan fingerprint density at radius 3 is 1.40 bits per heavy atom. The summed E-state index contributed by atoms with van der Waals surface area (Å²) in [6.45, 7) is 3.24. The number of H-pyrrole nitrogens is 1. The van der Waals surface area contributed by atoms with E-state index >= 15 is 0 Å². The molecular weight excluding hydrogens is 915 g/mol. The number of nitrogens with zero attached hydrogens (tertiary/aromatic N) is 7. The van der Waals surface area contributed by atoms with Gasteiger partial charge in [0.15, 0.2) is 5.69 Å². The minimum absolute atomic E-state index is 0. The van der Waals surface area contributed by atoms with Crippen molar-refractivity contribution in [2.45, 2.75) is 23.6 Å². The van der Waals surface area contributed by atoms with Crippen LogP contribution in [0.5, 0.6) is 17.4 Å². The molecule has 63 heavy (non-hydrogen) atoms. The Kier molecular flexibility index (Phi) is 16.6. The quantitative estimate of drug-likeness (QED) is 0.107. The maximum absolute atomic E-state index is 12.7. The van der Waals surface area contributed by atoms with Gasteiger partial charge in [0.2, 0.25) is 0 Å². The zero-order valence-corrected chi connectivity index (χ0v) is 40.5. The number of hydrogen-bond acceptors (Lipinski definition) is 13. The van der Waals surface area contributed by atoms with E-state index in [4.69, 9.17) is 0 Å². The molecule has 0 amide bonds. The zero-order chi connectivity index (χ0) is 42.9. The van der Waals surface area contributed by atoms with E-state index in [0.717, 1.165) is 12.1 Å². The number of rotatable bonds is 8. The van der Waals surface area contributed by atoms with Gasteiger partial charge in [0, 0.05) is 27.4 Å². The average molecular weight is 944 g/mol. The summed E-state index contributed by atoms with van der Waals surface area (Å²) in [5.41, 5.74) is 1.17. The van der Waals surface area contributed by atoms with Crippen LogP contribution in [-0.4, -0.2) is 45.5 Å². The third kappa shape index (κ3) is 10.7. The van der Waals surface area contributed by atoms with E-state index < -0.39 is 53.0 Å². The molecule has 23 heteroatoms. The molecule has 0 bridgehead atoms. The number of fused-ring (bicyclic) bond motifs is 2. The van der Waals surface area contributed by atoms with Gasteiger partial charge in [-0.3, -0.25) is 19.0 Å². The van der Waals surface area contributed by atoms with Crippen LogP contribution in [0, 0.1) is 13.8 Å². The minimum Gasteiger partial charge on any atom is -0.871 e. The summed E-state index contributed by atoms with van der Waals surface area (Å²) in [7, 11) is -9.22. The first-order valence-corrected chi connectivity index (χ1v) is 20.4. The second-order valence-corrected chi connectivity index (χ2v) is 15.7. The molecule has 8 aromatic rings. The van der Waals surface area contributed by atoms with Gasteiger partial charge in [-0.05, 0) is 50.2 Å². The van der Waals surface area contributed by atoms with E-state index in [1.807, 2.05) is 12.1 Å². The number of hydrogen-bond donors (Lipinski definition) is 3. The molecule has 0 aliphatic rings. The standard InChI is InChI=1S/2C20H16N4O5S.Cr.2Na/c2*1-12-18(20(26)24(23-12)13-7-3-2-4-8-13)21-22-19-15-10-6-5-9-14(15)17(11-16(19)25)30(27,28)29;;;/h2-11,25-26H,1H3,(H,27,28,29);2-11,23,25H,1H3,(H,27,28,29);;;/q;;+3;2*+1/p-3. The van der Waals surface area contributed by atoms with Crippen LogP contribution >= 0.6 is 0 Å². The third-order valence-electron chi connectivity index (χ3n) is 8.99. The molecule has 0 fully saturated rings. The minimum atomic E-state index is -4.61. The summed E-state index contributed by atoms with van der Waals surface area (Å²) in [6, 6.07) is 31.4. The van der Waals surface area contributed by atoms with E-state index in [0.29, 0.717) is 22.8 Å². The largest absolute Gasteiger partial charge is 3.00 e. The summed E-state index contributed by atoms with van der Waals surface area (Å²) in [5, 5.41) is 61.2. The molecule has 0 spiro atoms. The number of nitrogens with one attached hydrogen (secondary N) is 1. The number of aromatic nitrogens is 4. The van der Waals surface area contributed by atoms with Crippen molar-refractivity contribution in [1.82, 2.24) is 19.6 Å².